The van der Waals surface area contributed by atoms with Crippen LogP contribution in [-0.4, -0.2) is 50.2 Å². The van der Waals surface area contributed by atoms with Gasteiger partial charge < -0.3 is 20.8 Å². The van der Waals surface area contributed by atoms with Gasteiger partial charge in [-0.05, 0) is 62.2 Å². The van der Waals surface area contributed by atoms with Gasteiger partial charge in [0.25, 0.3) is 0 Å². The SMILES string of the molecule is CC(C)(C)C(N(C(=O)C1(C(N)=O)CCC1)C(C(C)(C)C)C1(O)CCC1)C1(O)CCC1. The van der Waals surface area contributed by atoms with E-state index in [0.717, 1.165) is 19.3 Å². The van der Waals surface area contributed by atoms with Crippen molar-refractivity contribution < 1.29 is 19.8 Å². The van der Waals surface area contributed by atoms with Crippen molar-refractivity contribution in [3.8, 4) is 0 Å². The van der Waals surface area contributed by atoms with Crippen molar-refractivity contribution >= 4 is 11.8 Å². The number of carbonyl (C=O) groups excluding carboxylic acids is 2. The zero-order valence-corrected chi connectivity index (χ0v) is 19.8. The molecule has 0 heterocycles. The molecule has 172 valence electrons. The van der Waals surface area contributed by atoms with E-state index in [1.165, 1.54) is 0 Å². The number of nitrogens with zero attached hydrogens (tertiary/aromatic N) is 1. The van der Waals surface area contributed by atoms with E-state index in [4.69, 9.17) is 5.73 Å². The van der Waals surface area contributed by atoms with Gasteiger partial charge in [-0.1, -0.05) is 48.0 Å². The van der Waals surface area contributed by atoms with Crippen molar-refractivity contribution in [2.45, 2.75) is 123 Å². The molecule has 6 nitrogen and oxygen atoms in total. The third-order valence-corrected chi connectivity index (χ3v) is 7.98. The average molecular weight is 423 g/mol. The van der Waals surface area contributed by atoms with Gasteiger partial charge in [0.2, 0.25) is 11.8 Å². The zero-order valence-electron chi connectivity index (χ0n) is 19.8. The van der Waals surface area contributed by atoms with E-state index in [0.29, 0.717) is 38.5 Å². The normalized spacial score (nSPS) is 26.4. The molecule has 0 aromatic carbocycles. The molecule has 2 unspecified atom stereocenters. The van der Waals surface area contributed by atoms with Crippen LogP contribution in [0.5, 0.6) is 0 Å². The summed E-state index contributed by atoms with van der Waals surface area (Å²) in [7, 11) is 0. The van der Waals surface area contributed by atoms with Crippen molar-refractivity contribution in [1.29, 1.82) is 0 Å². The van der Waals surface area contributed by atoms with Crippen LogP contribution in [0, 0.1) is 16.2 Å². The summed E-state index contributed by atoms with van der Waals surface area (Å²) in [6.07, 6.45) is 6.00. The van der Waals surface area contributed by atoms with Crippen molar-refractivity contribution in [2.75, 3.05) is 0 Å². The first kappa shape index (κ1) is 23.5. The van der Waals surface area contributed by atoms with Crippen LogP contribution in [-0.2, 0) is 9.59 Å². The fourth-order valence-corrected chi connectivity index (χ4v) is 6.32. The molecule has 3 aliphatic rings. The maximum Gasteiger partial charge on any atom is 0.238 e. The smallest absolute Gasteiger partial charge is 0.238 e. The van der Waals surface area contributed by atoms with Crippen LogP contribution >= 0.6 is 0 Å². The molecule has 0 radical (unpaired) electrons. The molecular formula is C24H42N2O4. The molecule has 3 saturated carbocycles. The van der Waals surface area contributed by atoms with Crippen LogP contribution in [0.4, 0.5) is 0 Å². The first-order valence-electron chi connectivity index (χ1n) is 11.7. The lowest BCUT2D eigenvalue weighted by molar-refractivity contribution is -0.214. The lowest BCUT2D eigenvalue weighted by Gasteiger charge is -2.62. The molecule has 3 aliphatic carbocycles. The Morgan fingerprint density at radius 2 is 1.10 bits per heavy atom. The molecule has 0 bridgehead atoms. The Labute approximate surface area is 181 Å². The third kappa shape index (κ3) is 3.58. The van der Waals surface area contributed by atoms with Gasteiger partial charge in [-0.25, -0.2) is 0 Å². The van der Waals surface area contributed by atoms with Crippen LogP contribution in [0.15, 0.2) is 0 Å². The fourth-order valence-electron chi connectivity index (χ4n) is 6.32. The molecule has 0 aromatic rings. The Kier molecular flexibility index (Phi) is 5.64. The summed E-state index contributed by atoms with van der Waals surface area (Å²) < 4.78 is 0. The van der Waals surface area contributed by atoms with Crippen LogP contribution in [0.1, 0.15) is 99.3 Å². The van der Waals surface area contributed by atoms with Gasteiger partial charge in [0.1, 0.15) is 5.41 Å². The molecule has 0 aliphatic heterocycles. The second-order valence-electron chi connectivity index (χ2n) is 12.5. The predicted octanol–water partition coefficient (Wildman–Crippen LogP) is 3.13. The van der Waals surface area contributed by atoms with Crippen LogP contribution in [0.2, 0.25) is 0 Å². The molecule has 0 saturated heterocycles. The summed E-state index contributed by atoms with van der Waals surface area (Å²) in [5.74, 6) is -0.869. The van der Waals surface area contributed by atoms with Crippen LogP contribution < -0.4 is 5.73 Å². The lowest BCUT2D eigenvalue weighted by atomic mass is 9.59. The number of nitrogens with two attached hydrogens (primary N) is 1. The number of carbonyl (C=O) groups is 2. The maximum atomic E-state index is 14.2. The van der Waals surface area contributed by atoms with Gasteiger partial charge in [-0.15, -0.1) is 0 Å². The molecule has 4 N–H and O–H groups in total. The molecule has 3 rings (SSSR count). The number of rotatable bonds is 6. The Hall–Kier alpha value is -1.14. The number of aliphatic hydroxyl groups is 2. The number of hydrogen-bond acceptors (Lipinski definition) is 4. The predicted molar refractivity (Wildman–Crippen MR) is 116 cm³/mol. The van der Waals surface area contributed by atoms with E-state index in [1.807, 2.05) is 41.5 Å². The van der Waals surface area contributed by atoms with Gasteiger partial charge in [-0.2, -0.15) is 0 Å². The Balaban J connectivity index is 2.19. The minimum atomic E-state index is -1.22. The topological polar surface area (TPSA) is 104 Å². The van der Waals surface area contributed by atoms with E-state index in [-0.39, 0.29) is 5.91 Å². The highest BCUT2D eigenvalue weighted by Crippen LogP contribution is 2.53. The van der Waals surface area contributed by atoms with E-state index < -0.39 is 45.4 Å². The molecule has 2 amide bonds. The van der Waals surface area contributed by atoms with Gasteiger partial charge in [-0.3, -0.25) is 9.59 Å². The molecule has 6 heteroatoms. The van der Waals surface area contributed by atoms with Gasteiger partial charge >= 0.3 is 0 Å². The Bertz CT molecular complexity index is 653. The summed E-state index contributed by atoms with van der Waals surface area (Å²) in [6, 6.07) is -1.01. The van der Waals surface area contributed by atoms with Crippen molar-refractivity contribution in [1.82, 2.24) is 4.90 Å². The fraction of sp³-hybridized carbons (Fsp3) is 0.917. The summed E-state index contributed by atoms with van der Waals surface area (Å²) in [5, 5.41) is 23.2. The minimum Gasteiger partial charge on any atom is -0.388 e. The average Bonchev–Trinajstić information content (AvgIpc) is 2.46. The Morgan fingerprint density at radius 1 is 0.767 bits per heavy atom. The number of primary amides is 1. The molecule has 30 heavy (non-hydrogen) atoms. The monoisotopic (exact) mass is 422 g/mol. The van der Waals surface area contributed by atoms with Crippen LogP contribution in [0.3, 0.4) is 0 Å². The summed E-state index contributed by atoms with van der Waals surface area (Å²) in [4.78, 5) is 28.5. The summed E-state index contributed by atoms with van der Waals surface area (Å²) >= 11 is 0. The second-order valence-corrected chi connectivity index (χ2v) is 12.5. The van der Waals surface area contributed by atoms with Gasteiger partial charge in [0, 0.05) is 0 Å². The highest BCUT2D eigenvalue weighted by atomic mass is 16.3. The molecule has 0 aromatic heterocycles. The lowest BCUT2D eigenvalue weighted by Crippen LogP contribution is -2.75. The Morgan fingerprint density at radius 3 is 1.27 bits per heavy atom. The number of amides is 2. The largest absolute Gasteiger partial charge is 0.388 e. The number of hydrogen-bond donors (Lipinski definition) is 3. The van der Waals surface area contributed by atoms with E-state index in [2.05, 4.69) is 0 Å². The van der Waals surface area contributed by atoms with Gasteiger partial charge in [0.15, 0.2) is 0 Å². The van der Waals surface area contributed by atoms with E-state index >= 15 is 0 Å². The molecular weight excluding hydrogens is 380 g/mol. The molecule has 2 atom stereocenters. The molecule has 3 fully saturated rings. The summed E-state index contributed by atoms with van der Waals surface area (Å²) in [5.41, 5.74) is 1.68. The van der Waals surface area contributed by atoms with Gasteiger partial charge in [0.05, 0.1) is 23.3 Å². The standard InChI is InChI=1S/C24H42N2O4/c1-20(2,3)16(23(29)12-8-13-23)26(19(28)22(18(25)27)10-7-11-22)17(21(4,5)6)24(30)14-9-15-24/h16-17,29-30H,7-15H2,1-6H3,(H2,25,27). The van der Waals surface area contributed by atoms with Crippen molar-refractivity contribution in [2.24, 2.45) is 22.0 Å². The van der Waals surface area contributed by atoms with E-state index in [1.54, 1.807) is 4.90 Å². The highest BCUT2D eigenvalue weighted by Gasteiger charge is 2.63. The maximum absolute atomic E-state index is 14.2. The molecule has 0 spiro atoms. The van der Waals surface area contributed by atoms with Crippen molar-refractivity contribution in [3.05, 3.63) is 0 Å². The quantitative estimate of drug-likeness (QED) is 0.572. The second kappa shape index (κ2) is 7.19. The first-order valence-corrected chi connectivity index (χ1v) is 11.7. The minimum absolute atomic E-state index is 0.290. The highest BCUT2D eigenvalue weighted by molar-refractivity contribution is 6.05. The summed E-state index contributed by atoms with van der Waals surface area (Å²) in [6.45, 7) is 12.2. The third-order valence-electron chi connectivity index (χ3n) is 7.98. The van der Waals surface area contributed by atoms with Crippen LogP contribution in [0.25, 0.3) is 0 Å². The zero-order chi connectivity index (χ0) is 22.8. The first-order chi connectivity index (χ1) is 13.6. The van der Waals surface area contributed by atoms with Crippen molar-refractivity contribution in [3.63, 3.8) is 0 Å². The van der Waals surface area contributed by atoms with E-state index in [9.17, 15) is 19.8 Å².